The van der Waals surface area contributed by atoms with Gasteiger partial charge >= 0.3 is 0 Å². The average molecular weight is 503 g/mol. The van der Waals surface area contributed by atoms with Crippen LogP contribution in [0.3, 0.4) is 0 Å². The second-order valence-electron chi connectivity index (χ2n) is 9.38. The molecule has 0 radical (unpaired) electrons. The third-order valence-corrected chi connectivity index (χ3v) is 6.87. The highest BCUT2D eigenvalue weighted by Crippen LogP contribution is 2.41. The lowest BCUT2D eigenvalue weighted by Crippen LogP contribution is -2.26. The number of methoxy groups -OCH3 is 1. The highest BCUT2D eigenvalue weighted by molar-refractivity contribution is 7.79. The van der Waals surface area contributed by atoms with E-state index in [1.54, 1.807) is 18.4 Å². The van der Waals surface area contributed by atoms with Crippen molar-refractivity contribution in [2.75, 3.05) is 38.2 Å². The number of hydrogen-bond donors (Lipinski definition) is 1. The summed E-state index contributed by atoms with van der Waals surface area (Å²) >= 11 is -2.16. The molecule has 9 heteroatoms. The summed E-state index contributed by atoms with van der Waals surface area (Å²) in [6, 6.07) is 10.0. The minimum absolute atomic E-state index is 0.0363. The van der Waals surface area contributed by atoms with Crippen molar-refractivity contribution in [3.8, 4) is 11.3 Å². The molecule has 0 aliphatic carbocycles. The Balaban J connectivity index is 2.32. The zero-order chi connectivity index (χ0) is 25.8. The van der Waals surface area contributed by atoms with Gasteiger partial charge < -0.3 is 19.0 Å². The van der Waals surface area contributed by atoms with E-state index in [-0.39, 0.29) is 30.4 Å². The van der Waals surface area contributed by atoms with Gasteiger partial charge in [-0.15, -0.1) is 0 Å². The van der Waals surface area contributed by atoms with Crippen molar-refractivity contribution < 1.29 is 23.4 Å². The third-order valence-electron chi connectivity index (χ3n) is 6.35. The molecule has 1 N–H and O–H groups in total. The lowest BCUT2D eigenvalue weighted by Gasteiger charge is -2.24. The molecule has 1 unspecified atom stereocenters. The lowest BCUT2D eigenvalue weighted by atomic mass is 9.84. The number of pyridine rings is 1. The highest BCUT2D eigenvalue weighted by Gasteiger charge is 2.27. The number of anilines is 1. The third kappa shape index (κ3) is 5.92. The van der Waals surface area contributed by atoms with Crippen molar-refractivity contribution in [3.05, 3.63) is 47.8 Å². The van der Waals surface area contributed by atoms with Crippen LogP contribution in [0.2, 0.25) is 0 Å². The molecule has 35 heavy (non-hydrogen) atoms. The van der Waals surface area contributed by atoms with Crippen LogP contribution in [0.25, 0.3) is 22.2 Å². The smallest absolute Gasteiger partial charge is 0.0969 e. The van der Waals surface area contributed by atoms with Crippen LogP contribution in [0.1, 0.15) is 45.1 Å². The number of fused-ring (bicyclic) bond motifs is 1. The summed E-state index contributed by atoms with van der Waals surface area (Å²) in [6.07, 6.45) is 2.22. The van der Waals surface area contributed by atoms with E-state index in [9.17, 15) is 13.9 Å². The van der Waals surface area contributed by atoms with Crippen LogP contribution in [0, 0.1) is 5.41 Å². The summed E-state index contributed by atoms with van der Waals surface area (Å²) in [5, 5.41) is 12.7. The SMILES string of the molecule is CCn1c(-c2cccnc2[C@H](C)OC)c(CC(C)(C)CO)c2cc(N(CCS(=O)[O-])OC)ccc21. The van der Waals surface area contributed by atoms with Crippen molar-refractivity contribution in [3.63, 3.8) is 0 Å². The maximum absolute atomic E-state index is 11.1. The van der Waals surface area contributed by atoms with E-state index in [2.05, 4.69) is 22.5 Å². The second kappa shape index (κ2) is 11.6. The maximum Gasteiger partial charge on any atom is 0.0969 e. The Morgan fingerprint density at radius 1 is 1.29 bits per heavy atom. The Hall–Kier alpha value is -2.30. The molecule has 0 bridgehead atoms. The van der Waals surface area contributed by atoms with Gasteiger partial charge in [-0.2, -0.15) is 0 Å². The van der Waals surface area contributed by atoms with Crippen LogP contribution in [-0.2, 0) is 33.6 Å². The first-order chi connectivity index (χ1) is 16.7. The molecule has 0 aliphatic heterocycles. The summed E-state index contributed by atoms with van der Waals surface area (Å²) in [7, 11) is 3.21. The molecular weight excluding hydrogens is 466 g/mol. The van der Waals surface area contributed by atoms with E-state index < -0.39 is 11.1 Å². The number of aliphatic hydroxyl groups excluding tert-OH is 1. The molecule has 0 aliphatic rings. The van der Waals surface area contributed by atoms with E-state index >= 15 is 0 Å². The Morgan fingerprint density at radius 3 is 2.63 bits per heavy atom. The van der Waals surface area contributed by atoms with Crippen LogP contribution in [0.15, 0.2) is 36.5 Å². The van der Waals surface area contributed by atoms with Gasteiger partial charge in [0.2, 0.25) is 0 Å². The summed E-state index contributed by atoms with van der Waals surface area (Å²) < 4.78 is 30.2. The first-order valence-corrected chi connectivity index (χ1v) is 13.0. The van der Waals surface area contributed by atoms with Crippen molar-refractivity contribution in [1.82, 2.24) is 9.55 Å². The van der Waals surface area contributed by atoms with Gasteiger partial charge in [0.15, 0.2) is 0 Å². The van der Waals surface area contributed by atoms with Gasteiger partial charge in [0, 0.05) is 48.7 Å². The molecule has 2 heterocycles. The summed E-state index contributed by atoms with van der Waals surface area (Å²) in [5.74, 6) is -0.0363. The maximum atomic E-state index is 11.1. The molecule has 0 saturated heterocycles. The van der Waals surface area contributed by atoms with Gasteiger partial charge in [-0.1, -0.05) is 24.9 Å². The van der Waals surface area contributed by atoms with Crippen LogP contribution >= 0.6 is 0 Å². The standard InChI is InChI=1S/C26H37N3O5S/c1-7-28-23-11-10-19(29(34-6)13-14-35(31)32)15-21(23)22(16-26(3,4)17-30)25(28)20-9-8-12-27-24(20)18(2)33-5/h8-12,15,18,30H,7,13-14,16-17H2,1-6H3,(H,31,32)/p-1/t18-/m0/s1. The monoisotopic (exact) mass is 502 g/mol. The summed E-state index contributed by atoms with van der Waals surface area (Å²) in [5.41, 5.74) is 5.47. The summed E-state index contributed by atoms with van der Waals surface area (Å²) in [4.78, 5) is 10.2. The van der Waals surface area contributed by atoms with Crippen molar-refractivity contribution in [2.24, 2.45) is 5.41 Å². The normalized spacial score (nSPS) is 13.8. The molecule has 2 aromatic heterocycles. The number of benzene rings is 1. The molecule has 0 amide bonds. The summed E-state index contributed by atoms with van der Waals surface area (Å²) in [6.45, 7) is 9.18. The second-order valence-corrected chi connectivity index (χ2v) is 10.4. The fourth-order valence-corrected chi connectivity index (χ4v) is 4.77. The Bertz CT molecular complexity index is 1180. The number of aliphatic hydroxyl groups is 1. The minimum atomic E-state index is -2.16. The molecule has 8 nitrogen and oxygen atoms in total. The van der Waals surface area contributed by atoms with Gasteiger partial charge in [0.05, 0.1) is 36.8 Å². The Kier molecular flexibility index (Phi) is 9.06. The molecular formula is C26H36N3O5S-. The lowest BCUT2D eigenvalue weighted by molar-refractivity contribution is 0.116. The predicted octanol–water partition coefficient (Wildman–Crippen LogP) is 4.24. The van der Waals surface area contributed by atoms with E-state index in [0.717, 1.165) is 45.6 Å². The molecule has 2 atom stereocenters. The highest BCUT2D eigenvalue weighted by atomic mass is 32.2. The topological polar surface area (TPSA) is 99.9 Å². The molecule has 1 aromatic carbocycles. The van der Waals surface area contributed by atoms with Crippen LogP contribution < -0.4 is 5.06 Å². The average Bonchev–Trinajstić information content (AvgIpc) is 3.15. The van der Waals surface area contributed by atoms with E-state index in [4.69, 9.17) is 9.57 Å². The number of hydroxylamine groups is 1. The first-order valence-electron chi connectivity index (χ1n) is 11.8. The van der Waals surface area contributed by atoms with Gasteiger partial charge in [0.1, 0.15) is 0 Å². The number of aryl methyl sites for hydroxylation is 1. The van der Waals surface area contributed by atoms with E-state index in [1.165, 1.54) is 7.11 Å². The number of ether oxygens (including phenoxy) is 1. The first kappa shape index (κ1) is 27.3. The molecule has 0 spiro atoms. The number of hydrogen-bond acceptors (Lipinski definition) is 7. The zero-order valence-corrected chi connectivity index (χ0v) is 22.2. The fourth-order valence-electron chi connectivity index (χ4n) is 4.45. The Labute approximate surface area is 210 Å². The van der Waals surface area contributed by atoms with Gasteiger partial charge in [-0.25, -0.2) is 0 Å². The van der Waals surface area contributed by atoms with Crippen molar-refractivity contribution in [1.29, 1.82) is 0 Å². The van der Waals surface area contributed by atoms with Gasteiger partial charge in [-0.05, 0) is 61.6 Å². The van der Waals surface area contributed by atoms with E-state index in [1.807, 2.05) is 45.0 Å². The van der Waals surface area contributed by atoms with E-state index in [0.29, 0.717) is 6.42 Å². The van der Waals surface area contributed by atoms with Crippen molar-refractivity contribution >= 4 is 27.7 Å². The molecule has 0 fully saturated rings. The van der Waals surface area contributed by atoms with Crippen molar-refractivity contribution in [2.45, 2.75) is 46.8 Å². The molecule has 3 rings (SSSR count). The zero-order valence-electron chi connectivity index (χ0n) is 21.4. The van der Waals surface area contributed by atoms with Crippen LogP contribution in [0.5, 0.6) is 0 Å². The minimum Gasteiger partial charge on any atom is -0.772 e. The number of nitrogens with zero attached hydrogens (tertiary/aromatic N) is 3. The largest absolute Gasteiger partial charge is 0.772 e. The molecule has 3 aromatic rings. The number of rotatable bonds is 12. The Morgan fingerprint density at radius 2 is 2.03 bits per heavy atom. The molecule has 192 valence electrons. The predicted molar refractivity (Wildman–Crippen MR) is 139 cm³/mol. The number of aromatic nitrogens is 2. The van der Waals surface area contributed by atoms with Gasteiger partial charge in [0.25, 0.3) is 0 Å². The van der Waals surface area contributed by atoms with Crippen LogP contribution in [0.4, 0.5) is 5.69 Å². The molecule has 0 saturated carbocycles. The van der Waals surface area contributed by atoms with Gasteiger partial charge in [-0.3, -0.25) is 19.1 Å². The quantitative estimate of drug-likeness (QED) is 0.292. The fraction of sp³-hybridized carbons (Fsp3) is 0.500. The van der Waals surface area contributed by atoms with Crippen LogP contribution in [-0.4, -0.2) is 56.5 Å².